The Balaban J connectivity index is -0.000000414. The highest BCUT2D eigenvalue weighted by Crippen LogP contribution is 2.21. The predicted molar refractivity (Wildman–Crippen MR) is 140 cm³/mol. The molecule has 35 heavy (non-hydrogen) atoms. The van der Waals surface area contributed by atoms with Crippen LogP contribution < -0.4 is 11.1 Å². The zero-order valence-corrected chi connectivity index (χ0v) is 22.9. The first-order valence-corrected chi connectivity index (χ1v) is 12.9. The maximum atomic E-state index is 10.8. The average molecular weight is 507 g/mol. The number of amides is 1. The molecule has 0 heterocycles. The van der Waals surface area contributed by atoms with Crippen LogP contribution in [0.15, 0.2) is 0 Å². The van der Waals surface area contributed by atoms with Crippen molar-refractivity contribution in [2.24, 2.45) is 11.7 Å². The van der Waals surface area contributed by atoms with Crippen molar-refractivity contribution < 1.29 is 34.1 Å². The maximum absolute atomic E-state index is 10.8. The van der Waals surface area contributed by atoms with Gasteiger partial charge >= 0.3 is 6.09 Å². The van der Waals surface area contributed by atoms with E-state index in [1.807, 2.05) is 0 Å². The van der Waals surface area contributed by atoms with Crippen molar-refractivity contribution in [1.82, 2.24) is 5.32 Å². The van der Waals surface area contributed by atoms with Crippen LogP contribution in [0, 0.1) is 5.92 Å². The number of unbranched alkanes of at least 4 members (excludes halogenated alkanes) is 1. The van der Waals surface area contributed by atoms with Crippen LogP contribution in [-0.2, 0) is 19.1 Å². The molecule has 0 atom stereocenters. The van der Waals surface area contributed by atoms with Crippen molar-refractivity contribution in [3.8, 4) is 0 Å². The third-order valence-electron chi connectivity index (χ3n) is 4.99. The largest absolute Gasteiger partial charge is 0.444 e. The van der Waals surface area contributed by atoms with E-state index in [2.05, 4.69) is 11.1 Å². The highest BCUT2D eigenvalue weighted by molar-refractivity contribution is 5.67. The van der Waals surface area contributed by atoms with E-state index in [-0.39, 0.29) is 13.2 Å². The molecule has 0 aliphatic heterocycles. The summed E-state index contributed by atoms with van der Waals surface area (Å²) in [5, 5.41) is 17.7. The number of alkyl carbamates (subject to hydrolysis) is 1. The van der Waals surface area contributed by atoms with Gasteiger partial charge in [0, 0.05) is 32.6 Å². The third-order valence-corrected chi connectivity index (χ3v) is 4.99. The summed E-state index contributed by atoms with van der Waals surface area (Å²) < 4.78 is 10.5. The summed E-state index contributed by atoms with van der Waals surface area (Å²) >= 11 is 0. The Hall–Kier alpha value is -1.55. The fraction of sp³-hybridized carbons (Fsp3) is 0.885. The number of carbonyl (C=O) groups excluding carboxylic acids is 3. The number of nitrogens with one attached hydrogen (secondary N) is 1. The Bertz CT molecular complexity index is 459. The highest BCUT2D eigenvalue weighted by Gasteiger charge is 2.15. The molecule has 0 aromatic heterocycles. The molecule has 5 N–H and O–H groups in total. The van der Waals surface area contributed by atoms with E-state index in [4.69, 9.17) is 19.7 Å². The van der Waals surface area contributed by atoms with Gasteiger partial charge in [0.1, 0.15) is 18.2 Å². The summed E-state index contributed by atoms with van der Waals surface area (Å²) in [6, 6.07) is 0. The van der Waals surface area contributed by atoms with Gasteiger partial charge in [0.15, 0.2) is 0 Å². The van der Waals surface area contributed by atoms with Crippen LogP contribution in [0.2, 0.25) is 0 Å². The standard InChI is InChI=1S/C10H18O2.C7H15NO3.C7H12O.CH5N.CH4O/c11-8-4-5-9-12-10-6-2-1-3-7-10;1-7(2,3)11-6(10)8-4-5-9;8-6-7-4-2-1-3-5-7;2*1-2/h8,10H,1-7,9H2;9H,4-5H2,1-3H3,(H,8,10);6-7H,1-5H2;2H2,1H3;2H,1H3. The van der Waals surface area contributed by atoms with Gasteiger partial charge in [-0.3, -0.25) is 0 Å². The molecule has 2 aliphatic carbocycles. The predicted octanol–water partition coefficient (Wildman–Crippen LogP) is 3.77. The lowest BCUT2D eigenvalue weighted by atomic mass is 9.91. The zero-order valence-electron chi connectivity index (χ0n) is 22.9. The van der Waals surface area contributed by atoms with Gasteiger partial charge in [0.2, 0.25) is 0 Å². The van der Waals surface area contributed by atoms with Gasteiger partial charge in [-0.15, -0.1) is 0 Å². The molecule has 0 unspecified atom stereocenters. The molecule has 0 saturated heterocycles. The number of hydrogen-bond donors (Lipinski definition) is 4. The molecular weight excluding hydrogens is 452 g/mol. The van der Waals surface area contributed by atoms with E-state index >= 15 is 0 Å². The van der Waals surface area contributed by atoms with Gasteiger partial charge in [-0.05, 0) is 59.9 Å². The van der Waals surface area contributed by atoms with Crippen molar-refractivity contribution in [3.05, 3.63) is 0 Å². The van der Waals surface area contributed by atoms with E-state index in [0.717, 1.165) is 45.6 Å². The number of aliphatic hydroxyl groups is 2. The Kier molecular flexibility index (Phi) is 31.1. The Labute approximate surface area is 213 Å². The van der Waals surface area contributed by atoms with Crippen LogP contribution in [0.25, 0.3) is 0 Å². The van der Waals surface area contributed by atoms with Gasteiger partial charge in [0.25, 0.3) is 0 Å². The number of carbonyl (C=O) groups is 3. The normalized spacial score (nSPS) is 15.7. The van der Waals surface area contributed by atoms with Crippen molar-refractivity contribution in [1.29, 1.82) is 0 Å². The molecule has 0 spiro atoms. The van der Waals surface area contributed by atoms with E-state index in [0.29, 0.717) is 18.4 Å². The molecule has 2 saturated carbocycles. The molecule has 0 aromatic carbocycles. The fourth-order valence-corrected chi connectivity index (χ4v) is 3.39. The monoisotopic (exact) mass is 506 g/mol. The summed E-state index contributed by atoms with van der Waals surface area (Å²) in [7, 11) is 2.50. The summed E-state index contributed by atoms with van der Waals surface area (Å²) in [6.07, 6.45) is 16.2. The van der Waals surface area contributed by atoms with Crippen LogP contribution in [-0.4, -0.2) is 74.5 Å². The molecule has 0 aromatic rings. The topological polar surface area (TPSA) is 148 Å². The number of aldehydes is 2. The number of rotatable bonds is 8. The summed E-state index contributed by atoms with van der Waals surface area (Å²) in [5.74, 6) is 0.406. The van der Waals surface area contributed by atoms with E-state index in [9.17, 15) is 14.4 Å². The molecule has 2 fully saturated rings. The molecule has 0 radical (unpaired) electrons. The van der Waals surface area contributed by atoms with Crippen LogP contribution in [0.3, 0.4) is 0 Å². The number of hydrogen-bond acceptors (Lipinski definition) is 8. The number of nitrogens with two attached hydrogens (primary N) is 1. The van der Waals surface area contributed by atoms with Crippen LogP contribution in [0.4, 0.5) is 4.79 Å². The van der Waals surface area contributed by atoms with Crippen molar-refractivity contribution in [2.45, 2.75) is 110 Å². The number of aliphatic hydroxyl groups excluding tert-OH is 2. The summed E-state index contributed by atoms with van der Waals surface area (Å²) in [6.45, 7) is 6.28. The molecule has 2 aliphatic rings. The lowest BCUT2D eigenvalue weighted by Crippen LogP contribution is -2.33. The van der Waals surface area contributed by atoms with E-state index in [1.165, 1.54) is 58.4 Å². The Morgan fingerprint density at radius 3 is 1.89 bits per heavy atom. The van der Waals surface area contributed by atoms with Crippen LogP contribution in [0.5, 0.6) is 0 Å². The molecule has 9 heteroatoms. The minimum absolute atomic E-state index is 0.0702. The lowest BCUT2D eigenvalue weighted by Gasteiger charge is -2.21. The molecule has 2 rings (SSSR count). The highest BCUT2D eigenvalue weighted by atomic mass is 16.6. The third kappa shape index (κ3) is 30.4. The van der Waals surface area contributed by atoms with Gasteiger partial charge in [-0.25, -0.2) is 4.79 Å². The summed E-state index contributed by atoms with van der Waals surface area (Å²) in [4.78, 5) is 30.9. The van der Waals surface area contributed by atoms with Crippen molar-refractivity contribution in [3.63, 3.8) is 0 Å². The van der Waals surface area contributed by atoms with Crippen molar-refractivity contribution in [2.75, 3.05) is 33.9 Å². The number of ether oxygens (including phenoxy) is 2. The minimum atomic E-state index is -0.494. The Morgan fingerprint density at radius 2 is 1.49 bits per heavy atom. The first kappa shape index (κ1) is 38.0. The van der Waals surface area contributed by atoms with Crippen molar-refractivity contribution >= 4 is 18.7 Å². The second-order valence-corrected chi connectivity index (χ2v) is 9.13. The lowest BCUT2D eigenvalue weighted by molar-refractivity contribution is -0.112. The second-order valence-electron chi connectivity index (χ2n) is 9.13. The molecule has 0 bridgehead atoms. The molecule has 1 amide bonds. The second kappa shape index (κ2) is 28.7. The van der Waals surface area contributed by atoms with Gasteiger partial charge < -0.3 is 40.3 Å². The minimum Gasteiger partial charge on any atom is -0.444 e. The summed E-state index contributed by atoms with van der Waals surface area (Å²) in [5.41, 5.74) is 4.03. The Morgan fingerprint density at radius 1 is 0.971 bits per heavy atom. The van der Waals surface area contributed by atoms with Crippen LogP contribution in [0.1, 0.15) is 97.8 Å². The zero-order chi connectivity index (χ0) is 27.4. The molecule has 9 nitrogen and oxygen atoms in total. The van der Waals surface area contributed by atoms with Gasteiger partial charge in [-0.1, -0.05) is 38.5 Å². The first-order chi connectivity index (χ1) is 16.8. The van der Waals surface area contributed by atoms with Gasteiger partial charge in [-0.2, -0.15) is 0 Å². The molecular formula is C26H54N2O7. The smallest absolute Gasteiger partial charge is 0.407 e. The van der Waals surface area contributed by atoms with Crippen LogP contribution >= 0.6 is 0 Å². The SMILES string of the molecule is CC(C)(C)OC(=O)NCCO.CN.CO.O=CC1CCCCC1.O=CCCCOC1CCCCC1. The quantitative estimate of drug-likeness (QED) is 0.287. The maximum Gasteiger partial charge on any atom is 0.407 e. The average Bonchev–Trinajstić information content (AvgIpc) is 2.89. The van der Waals surface area contributed by atoms with E-state index < -0.39 is 11.7 Å². The molecule has 210 valence electrons. The van der Waals surface area contributed by atoms with Gasteiger partial charge in [0.05, 0.1) is 12.7 Å². The first-order valence-electron chi connectivity index (χ1n) is 12.9. The van der Waals surface area contributed by atoms with E-state index in [1.54, 1.807) is 20.8 Å². The fourth-order valence-electron chi connectivity index (χ4n) is 3.39.